The number of benzene rings is 1. The average molecular weight is 388 g/mol. The number of aliphatic carboxylic acids is 1. The normalized spacial score (nSPS) is 26.7. The molecule has 1 saturated heterocycles. The van der Waals surface area contributed by atoms with Crippen molar-refractivity contribution in [1.29, 1.82) is 0 Å². The maximum atomic E-state index is 13.0. The van der Waals surface area contributed by atoms with Gasteiger partial charge >= 0.3 is 0 Å². The smallest absolute Gasteiger partial charge is 0.300 e. The number of likely N-dealkylation sites (tertiary alicyclic amines) is 1. The Labute approximate surface area is 164 Å². The number of carboxylic acid groups (broad SMARTS) is 1. The Balaban J connectivity index is 0.000000516. The Hall–Kier alpha value is -2.45. The van der Waals surface area contributed by atoms with Crippen LogP contribution in [-0.4, -0.2) is 81.2 Å². The summed E-state index contributed by atoms with van der Waals surface area (Å²) in [5.41, 5.74) is 2.29. The van der Waals surface area contributed by atoms with Crippen LogP contribution in [0.15, 0.2) is 24.5 Å². The monoisotopic (exact) mass is 388 g/mol. The number of carbonyl (C=O) groups excluding carboxylic acids is 1. The molecule has 1 amide bonds. The first-order valence-corrected chi connectivity index (χ1v) is 9.53. The highest BCUT2D eigenvalue weighted by Gasteiger charge is 2.43. The molecule has 1 saturated carbocycles. The summed E-state index contributed by atoms with van der Waals surface area (Å²) in [5, 5.41) is 17.8. The molecule has 8 nitrogen and oxygen atoms in total. The van der Waals surface area contributed by atoms with Crippen LogP contribution in [0.1, 0.15) is 30.1 Å². The van der Waals surface area contributed by atoms with Gasteiger partial charge in [0.1, 0.15) is 5.52 Å². The summed E-state index contributed by atoms with van der Waals surface area (Å²) in [6.07, 6.45) is 3.06. The van der Waals surface area contributed by atoms with E-state index < -0.39 is 5.97 Å². The number of aliphatic hydroxyl groups is 1. The molecular weight excluding hydrogens is 360 g/mol. The number of imidazole rings is 1. The van der Waals surface area contributed by atoms with E-state index in [0.717, 1.165) is 43.9 Å². The summed E-state index contributed by atoms with van der Waals surface area (Å²) < 4.78 is 0. The molecule has 1 aliphatic carbocycles. The fourth-order valence-electron chi connectivity index (χ4n) is 4.44. The van der Waals surface area contributed by atoms with E-state index in [-0.39, 0.29) is 18.1 Å². The quantitative estimate of drug-likeness (QED) is 0.718. The number of para-hydroxylation sites is 1. The van der Waals surface area contributed by atoms with Gasteiger partial charge in [-0.15, -0.1) is 0 Å². The number of likely N-dealkylation sites (N-methyl/N-ethyl adjacent to an activating group) is 1. The van der Waals surface area contributed by atoms with E-state index >= 15 is 0 Å². The molecule has 152 valence electrons. The first kappa shape index (κ1) is 20.3. The molecule has 3 N–H and O–H groups in total. The Morgan fingerprint density at radius 1 is 1.21 bits per heavy atom. The van der Waals surface area contributed by atoms with Gasteiger partial charge in [-0.1, -0.05) is 6.07 Å². The van der Waals surface area contributed by atoms with Crippen molar-refractivity contribution in [3.63, 3.8) is 0 Å². The molecule has 0 unspecified atom stereocenters. The molecule has 4 atom stereocenters. The second-order valence-electron chi connectivity index (χ2n) is 7.92. The van der Waals surface area contributed by atoms with E-state index in [1.807, 2.05) is 37.2 Å². The Kier molecular flexibility index (Phi) is 6.00. The van der Waals surface area contributed by atoms with Gasteiger partial charge in [0.2, 0.25) is 0 Å². The third-order valence-corrected chi connectivity index (χ3v) is 5.74. The van der Waals surface area contributed by atoms with Gasteiger partial charge in [-0.25, -0.2) is 4.98 Å². The highest BCUT2D eigenvalue weighted by Crippen LogP contribution is 2.38. The number of aliphatic hydroxyl groups excluding tert-OH is 1. The van der Waals surface area contributed by atoms with E-state index in [0.29, 0.717) is 17.4 Å². The topological polar surface area (TPSA) is 110 Å². The van der Waals surface area contributed by atoms with Crippen LogP contribution in [0.3, 0.4) is 0 Å². The highest BCUT2D eigenvalue weighted by molar-refractivity contribution is 6.04. The number of fused-ring (bicyclic) bond motifs is 2. The second kappa shape index (κ2) is 8.28. The van der Waals surface area contributed by atoms with Crippen molar-refractivity contribution >= 4 is 22.9 Å². The van der Waals surface area contributed by atoms with Crippen LogP contribution < -0.4 is 0 Å². The minimum absolute atomic E-state index is 0.0537. The summed E-state index contributed by atoms with van der Waals surface area (Å²) in [4.78, 5) is 33.4. The number of nitrogens with one attached hydrogen (secondary N) is 1. The van der Waals surface area contributed by atoms with Crippen molar-refractivity contribution in [2.45, 2.75) is 31.9 Å². The van der Waals surface area contributed by atoms with E-state index in [9.17, 15) is 9.90 Å². The lowest BCUT2D eigenvalue weighted by Crippen LogP contribution is -2.46. The molecule has 2 heterocycles. The molecule has 2 fully saturated rings. The van der Waals surface area contributed by atoms with Crippen LogP contribution in [0.2, 0.25) is 0 Å². The predicted molar refractivity (Wildman–Crippen MR) is 105 cm³/mol. The largest absolute Gasteiger partial charge is 0.481 e. The molecule has 4 rings (SSSR count). The zero-order chi connectivity index (χ0) is 20.4. The van der Waals surface area contributed by atoms with Gasteiger partial charge in [-0.2, -0.15) is 0 Å². The standard InChI is InChI=1S/C18H24N4O2.C2H4O2/c1-21(2)15-6-11-8-22(9-12(11)7-16(15)23)18(24)13-4-3-5-14-17(13)20-10-19-14;1-2(3)4/h3-5,10-12,15-16,23H,6-9H2,1-2H3,(H,19,20);1H3,(H,3,4)/t11-,12+,15-,16-;/m1./s1. The van der Waals surface area contributed by atoms with Gasteiger partial charge < -0.3 is 25.0 Å². The minimum atomic E-state index is -0.833. The van der Waals surface area contributed by atoms with Crippen LogP contribution in [0.5, 0.6) is 0 Å². The first-order valence-electron chi connectivity index (χ1n) is 9.53. The molecule has 1 aliphatic heterocycles. The zero-order valence-corrected chi connectivity index (χ0v) is 16.5. The van der Waals surface area contributed by atoms with E-state index in [4.69, 9.17) is 9.90 Å². The Bertz CT molecular complexity index is 846. The number of H-pyrrole nitrogens is 1. The lowest BCUT2D eigenvalue weighted by Gasteiger charge is -2.38. The molecule has 1 aromatic heterocycles. The Morgan fingerprint density at radius 2 is 1.86 bits per heavy atom. The highest BCUT2D eigenvalue weighted by atomic mass is 16.4. The van der Waals surface area contributed by atoms with E-state index in [2.05, 4.69) is 14.9 Å². The van der Waals surface area contributed by atoms with E-state index in [1.54, 1.807) is 6.33 Å². The molecule has 0 bridgehead atoms. The van der Waals surface area contributed by atoms with Gasteiger partial charge in [0.25, 0.3) is 11.9 Å². The molecule has 0 radical (unpaired) electrons. The van der Waals surface area contributed by atoms with E-state index in [1.165, 1.54) is 0 Å². The second-order valence-corrected chi connectivity index (χ2v) is 7.92. The number of amides is 1. The SMILES string of the molecule is CC(=O)O.CN(C)[C@@H]1C[C@@H]2CN(C(=O)c3cccc4[nH]cnc34)C[C@@H]2C[C@H]1O. The number of aromatic nitrogens is 2. The average Bonchev–Trinajstić information content (AvgIpc) is 3.25. The van der Waals surface area contributed by atoms with Crippen LogP contribution in [0.4, 0.5) is 0 Å². The number of hydrogen-bond acceptors (Lipinski definition) is 5. The summed E-state index contributed by atoms with van der Waals surface area (Å²) >= 11 is 0. The predicted octanol–water partition coefficient (Wildman–Crippen LogP) is 1.43. The number of carbonyl (C=O) groups is 2. The third-order valence-electron chi connectivity index (χ3n) is 5.74. The number of nitrogens with zero attached hydrogens (tertiary/aromatic N) is 3. The summed E-state index contributed by atoms with van der Waals surface area (Å²) in [6, 6.07) is 5.87. The summed E-state index contributed by atoms with van der Waals surface area (Å²) in [7, 11) is 4.04. The van der Waals surface area contributed by atoms with Crippen molar-refractivity contribution in [2.24, 2.45) is 11.8 Å². The van der Waals surface area contributed by atoms with Gasteiger partial charge in [-0.05, 0) is 50.9 Å². The van der Waals surface area contributed by atoms with Crippen molar-refractivity contribution < 1.29 is 19.8 Å². The number of hydrogen-bond donors (Lipinski definition) is 3. The van der Waals surface area contributed by atoms with Gasteiger partial charge in [0.15, 0.2) is 0 Å². The van der Waals surface area contributed by atoms with Crippen molar-refractivity contribution in [1.82, 2.24) is 19.8 Å². The molecule has 2 aromatic rings. The Morgan fingerprint density at radius 3 is 2.50 bits per heavy atom. The summed E-state index contributed by atoms with van der Waals surface area (Å²) in [6.45, 7) is 2.60. The van der Waals surface area contributed by atoms with Crippen LogP contribution in [0, 0.1) is 11.8 Å². The summed E-state index contributed by atoms with van der Waals surface area (Å²) in [5.74, 6) is 0.0969. The van der Waals surface area contributed by atoms with Gasteiger partial charge in [0.05, 0.1) is 23.5 Å². The fourth-order valence-corrected chi connectivity index (χ4v) is 4.44. The molecular formula is C20H28N4O4. The fraction of sp³-hybridized carbons (Fsp3) is 0.550. The molecule has 0 spiro atoms. The third kappa shape index (κ3) is 4.18. The maximum Gasteiger partial charge on any atom is 0.300 e. The molecule has 2 aliphatic rings. The molecule has 8 heteroatoms. The van der Waals surface area contributed by atoms with Crippen LogP contribution in [-0.2, 0) is 4.79 Å². The molecule has 1 aromatic carbocycles. The molecule has 28 heavy (non-hydrogen) atoms. The van der Waals surface area contributed by atoms with Crippen LogP contribution >= 0.6 is 0 Å². The van der Waals surface area contributed by atoms with Crippen LogP contribution in [0.25, 0.3) is 11.0 Å². The van der Waals surface area contributed by atoms with Crippen molar-refractivity contribution in [2.75, 3.05) is 27.2 Å². The van der Waals surface area contributed by atoms with Gasteiger partial charge in [0, 0.05) is 26.1 Å². The minimum Gasteiger partial charge on any atom is -0.481 e. The lowest BCUT2D eigenvalue weighted by atomic mass is 9.77. The number of rotatable bonds is 2. The number of carboxylic acids is 1. The first-order chi connectivity index (χ1) is 13.3. The van der Waals surface area contributed by atoms with Crippen molar-refractivity contribution in [3.8, 4) is 0 Å². The van der Waals surface area contributed by atoms with Crippen molar-refractivity contribution in [3.05, 3.63) is 30.1 Å². The maximum absolute atomic E-state index is 13.0. The zero-order valence-electron chi connectivity index (χ0n) is 16.5. The lowest BCUT2D eigenvalue weighted by molar-refractivity contribution is -0.134. The number of aromatic amines is 1. The van der Waals surface area contributed by atoms with Gasteiger partial charge in [-0.3, -0.25) is 9.59 Å².